The van der Waals surface area contributed by atoms with Crippen LogP contribution in [0.1, 0.15) is 38.8 Å². The fraction of sp³-hybridized carbons (Fsp3) is 0.250. The molecule has 0 unspecified atom stereocenters. The number of rotatable bonds is 5. The average molecular weight is 429 g/mol. The summed E-state index contributed by atoms with van der Waals surface area (Å²) in [6.07, 6.45) is 4.64. The van der Waals surface area contributed by atoms with Gasteiger partial charge in [-0.2, -0.15) is 0 Å². The van der Waals surface area contributed by atoms with E-state index in [1.54, 1.807) is 11.3 Å². The number of anilines is 1. The Hall–Kier alpha value is -3.32. The number of fused-ring (bicyclic) bond motifs is 3. The number of nitrogens with one attached hydrogen (secondary N) is 1. The Bertz CT molecular complexity index is 1250. The lowest BCUT2D eigenvalue weighted by molar-refractivity contribution is 0.869. The largest absolute Gasteiger partial charge is 0.385 e. The lowest BCUT2D eigenvalue weighted by Crippen LogP contribution is -2.08. The van der Waals surface area contributed by atoms with Crippen LogP contribution in [-0.2, 0) is 13.0 Å². The van der Waals surface area contributed by atoms with Gasteiger partial charge in [0.2, 0.25) is 0 Å². The second-order valence-corrected chi connectivity index (χ2v) is 8.94. The summed E-state index contributed by atoms with van der Waals surface area (Å²) in [5, 5.41) is 13.3. The number of thiophene rings is 1. The Morgan fingerprint density at radius 3 is 2.55 bits per heavy atom. The summed E-state index contributed by atoms with van der Waals surface area (Å²) in [4.78, 5) is 10.3. The molecular weight excluding hydrogens is 404 g/mol. The number of pyridine rings is 1. The number of aliphatic imine (C=N–C) groups is 1. The van der Waals surface area contributed by atoms with Gasteiger partial charge in [-0.3, -0.25) is 14.5 Å². The van der Waals surface area contributed by atoms with Gasteiger partial charge < -0.3 is 5.32 Å². The fourth-order valence-electron chi connectivity index (χ4n) is 3.93. The molecule has 0 bridgehead atoms. The number of benzene rings is 1. The van der Waals surface area contributed by atoms with Gasteiger partial charge in [-0.1, -0.05) is 12.1 Å². The van der Waals surface area contributed by atoms with Crippen LogP contribution in [0.15, 0.2) is 53.8 Å². The third-order valence-corrected chi connectivity index (χ3v) is 6.92. The standard InChI is InChI=1S/C24H24N6S/c1-15-16(2)31-24-22(15)23(27-14-21-29-28-17(3)30(21)24)19-4-6-20(7-5-19)26-13-10-18-8-11-25-12-9-18/h4-9,11-12,26H,10,13-14H2,1-3H3. The summed E-state index contributed by atoms with van der Waals surface area (Å²) in [6, 6.07) is 12.7. The van der Waals surface area contributed by atoms with Crippen molar-refractivity contribution in [1.29, 1.82) is 0 Å². The van der Waals surface area contributed by atoms with Crippen LogP contribution in [0.5, 0.6) is 0 Å². The summed E-state index contributed by atoms with van der Waals surface area (Å²) in [5.74, 6) is 1.80. The molecule has 0 amide bonds. The van der Waals surface area contributed by atoms with Crippen LogP contribution in [0.4, 0.5) is 5.69 Å². The van der Waals surface area contributed by atoms with Crippen LogP contribution >= 0.6 is 11.3 Å². The Morgan fingerprint density at radius 2 is 1.77 bits per heavy atom. The van der Waals surface area contributed by atoms with Gasteiger partial charge in [-0.25, -0.2) is 0 Å². The van der Waals surface area contributed by atoms with E-state index in [0.717, 1.165) is 41.6 Å². The molecule has 31 heavy (non-hydrogen) atoms. The highest BCUT2D eigenvalue weighted by atomic mass is 32.1. The van der Waals surface area contributed by atoms with Crippen molar-refractivity contribution >= 4 is 22.7 Å². The van der Waals surface area contributed by atoms with E-state index >= 15 is 0 Å². The first-order chi connectivity index (χ1) is 15.1. The maximum absolute atomic E-state index is 4.97. The average Bonchev–Trinajstić information content (AvgIpc) is 3.23. The van der Waals surface area contributed by atoms with Crippen molar-refractivity contribution < 1.29 is 0 Å². The quantitative estimate of drug-likeness (QED) is 0.502. The topological polar surface area (TPSA) is 68.0 Å². The number of hydrogen-bond acceptors (Lipinski definition) is 6. The van der Waals surface area contributed by atoms with Crippen LogP contribution in [0, 0.1) is 20.8 Å². The number of aryl methyl sites for hydroxylation is 2. The molecule has 1 aliphatic rings. The van der Waals surface area contributed by atoms with Crippen molar-refractivity contribution in [2.45, 2.75) is 33.7 Å². The molecule has 1 aromatic carbocycles. The molecular formula is C24H24N6S. The van der Waals surface area contributed by atoms with Crippen LogP contribution in [0.2, 0.25) is 0 Å². The molecule has 0 saturated heterocycles. The van der Waals surface area contributed by atoms with Gasteiger partial charge in [0, 0.05) is 40.6 Å². The summed E-state index contributed by atoms with van der Waals surface area (Å²) in [6.45, 7) is 7.76. The third-order valence-electron chi connectivity index (χ3n) is 5.73. The maximum atomic E-state index is 4.97. The lowest BCUT2D eigenvalue weighted by Gasteiger charge is -2.11. The zero-order valence-corrected chi connectivity index (χ0v) is 18.7. The summed E-state index contributed by atoms with van der Waals surface area (Å²) < 4.78 is 2.16. The first kappa shape index (κ1) is 19.6. The summed E-state index contributed by atoms with van der Waals surface area (Å²) >= 11 is 1.79. The van der Waals surface area contributed by atoms with Crippen molar-refractivity contribution in [3.8, 4) is 5.00 Å². The molecule has 5 rings (SSSR count). The third kappa shape index (κ3) is 3.65. The fourth-order valence-corrected chi connectivity index (χ4v) is 5.15. The first-order valence-electron chi connectivity index (χ1n) is 10.4. The molecule has 0 fully saturated rings. The molecule has 1 aliphatic heterocycles. The Labute approximate surface area is 185 Å². The highest BCUT2D eigenvalue weighted by Crippen LogP contribution is 2.36. The zero-order chi connectivity index (χ0) is 21.4. The van der Waals surface area contributed by atoms with E-state index in [-0.39, 0.29) is 0 Å². The molecule has 0 atom stereocenters. The van der Waals surface area contributed by atoms with Gasteiger partial charge in [0.25, 0.3) is 0 Å². The molecule has 1 N–H and O–H groups in total. The molecule has 4 aromatic rings. The number of nitrogens with zero attached hydrogens (tertiary/aromatic N) is 5. The van der Waals surface area contributed by atoms with Crippen LogP contribution < -0.4 is 5.32 Å². The van der Waals surface area contributed by atoms with Crippen molar-refractivity contribution in [3.05, 3.63) is 87.6 Å². The molecule has 6 nitrogen and oxygen atoms in total. The minimum absolute atomic E-state index is 0.530. The van der Waals surface area contributed by atoms with Crippen molar-refractivity contribution in [3.63, 3.8) is 0 Å². The predicted octanol–water partition coefficient (Wildman–Crippen LogP) is 4.65. The molecule has 0 aliphatic carbocycles. The first-order valence-corrected chi connectivity index (χ1v) is 11.2. The molecule has 3 aromatic heterocycles. The molecule has 4 heterocycles. The zero-order valence-electron chi connectivity index (χ0n) is 17.9. The van der Waals surface area contributed by atoms with Crippen molar-refractivity contribution in [1.82, 2.24) is 19.7 Å². The minimum Gasteiger partial charge on any atom is -0.385 e. The monoisotopic (exact) mass is 428 g/mol. The van der Waals surface area contributed by atoms with Crippen molar-refractivity contribution in [2.75, 3.05) is 11.9 Å². The number of aromatic nitrogens is 4. The van der Waals surface area contributed by atoms with Crippen molar-refractivity contribution in [2.24, 2.45) is 4.99 Å². The van der Waals surface area contributed by atoms with E-state index in [4.69, 9.17) is 4.99 Å². The predicted molar refractivity (Wildman–Crippen MR) is 126 cm³/mol. The van der Waals surface area contributed by atoms with E-state index in [0.29, 0.717) is 6.54 Å². The van der Waals surface area contributed by atoms with Gasteiger partial charge in [0.1, 0.15) is 17.4 Å². The maximum Gasteiger partial charge on any atom is 0.160 e. The smallest absolute Gasteiger partial charge is 0.160 e. The van der Waals surface area contributed by atoms with E-state index in [1.165, 1.54) is 26.6 Å². The Kier molecular flexibility index (Phi) is 5.11. The van der Waals surface area contributed by atoms with E-state index in [1.807, 2.05) is 19.3 Å². The van der Waals surface area contributed by atoms with E-state index in [9.17, 15) is 0 Å². The molecule has 156 valence electrons. The van der Waals surface area contributed by atoms with Gasteiger partial charge in [-0.05, 0) is 62.6 Å². The second-order valence-electron chi connectivity index (χ2n) is 7.74. The SMILES string of the molecule is Cc1sc2c(c1C)C(c1ccc(NCCc3ccncc3)cc1)=NCc1nnc(C)n1-2. The highest BCUT2D eigenvalue weighted by molar-refractivity contribution is 7.15. The van der Waals surface area contributed by atoms with Gasteiger partial charge in [0.05, 0.1) is 5.71 Å². The van der Waals surface area contributed by atoms with Crippen LogP contribution in [0.25, 0.3) is 5.00 Å². The normalized spacial score (nSPS) is 12.7. The lowest BCUT2D eigenvalue weighted by atomic mass is 9.99. The Morgan fingerprint density at radius 1 is 1.00 bits per heavy atom. The van der Waals surface area contributed by atoms with E-state index in [2.05, 4.69) is 75.3 Å². The number of hydrogen-bond donors (Lipinski definition) is 1. The van der Waals surface area contributed by atoms with Gasteiger partial charge in [0.15, 0.2) is 5.82 Å². The molecule has 0 radical (unpaired) electrons. The summed E-state index contributed by atoms with van der Waals surface area (Å²) in [7, 11) is 0. The molecule has 7 heteroatoms. The molecule has 0 saturated carbocycles. The van der Waals surface area contributed by atoms with Crippen LogP contribution in [-0.4, -0.2) is 32.0 Å². The van der Waals surface area contributed by atoms with Gasteiger partial charge in [-0.15, -0.1) is 21.5 Å². The minimum atomic E-state index is 0.530. The van der Waals surface area contributed by atoms with E-state index < -0.39 is 0 Å². The van der Waals surface area contributed by atoms with Gasteiger partial charge >= 0.3 is 0 Å². The highest BCUT2D eigenvalue weighted by Gasteiger charge is 2.26. The molecule has 0 spiro atoms. The Balaban J connectivity index is 1.41. The summed E-state index contributed by atoms with van der Waals surface area (Å²) in [5.41, 5.74) is 7.02. The van der Waals surface area contributed by atoms with Crippen LogP contribution in [0.3, 0.4) is 0 Å². The second kappa shape index (κ2) is 8.07.